The molecule has 2 amide bonds. The van der Waals surface area contributed by atoms with E-state index >= 15 is 0 Å². The standard InChI is InChI=1S/C16H14N4O2S/c21-16(17-11-4-2-1-3-5-11)18-12-8-9-23-13(12)15-19-14(20-22-15)10-6-7-10/h1-5,8-10H,6-7H2,(H2,17,18,21). The van der Waals surface area contributed by atoms with Gasteiger partial charge in [0.25, 0.3) is 5.89 Å². The lowest BCUT2D eigenvalue weighted by molar-refractivity contribution is 0.262. The number of para-hydroxylation sites is 1. The number of amides is 2. The van der Waals surface area contributed by atoms with E-state index in [-0.39, 0.29) is 6.03 Å². The number of nitrogens with one attached hydrogen (secondary N) is 2. The molecule has 0 unspecified atom stereocenters. The van der Waals surface area contributed by atoms with E-state index in [0.29, 0.717) is 17.5 Å². The first kappa shape index (κ1) is 14.0. The van der Waals surface area contributed by atoms with Crippen molar-refractivity contribution in [1.82, 2.24) is 10.1 Å². The number of anilines is 2. The summed E-state index contributed by atoms with van der Waals surface area (Å²) >= 11 is 1.46. The molecule has 0 saturated heterocycles. The van der Waals surface area contributed by atoms with E-state index in [1.54, 1.807) is 0 Å². The molecule has 0 spiro atoms. The monoisotopic (exact) mass is 326 g/mol. The minimum Gasteiger partial charge on any atom is -0.333 e. The lowest BCUT2D eigenvalue weighted by atomic mass is 10.3. The van der Waals surface area contributed by atoms with E-state index < -0.39 is 0 Å². The van der Waals surface area contributed by atoms with E-state index in [1.807, 2.05) is 41.8 Å². The van der Waals surface area contributed by atoms with Gasteiger partial charge < -0.3 is 15.2 Å². The lowest BCUT2D eigenvalue weighted by Crippen LogP contribution is -2.19. The summed E-state index contributed by atoms with van der Waals surface area (Å²) in [7, 11) is 0. The highest BCUT2D eigenvalue weighted by Crippen LogP contribution is 2.40. The molecule has 1 saturated carbocycles. The Balaban J connectivity index is 1.49. The smallest absolute Gasteiger partial charge is 0.323 e. The van der Waals surface area contributed by atoms with Gasteiger partial charge in [-0.25, -0.2) is 4.79 Å². The Morgan fingerprint density at radius 3 is 2.78 bits per heavy atom. The first-order valence-corrected chi connectivity index (χ1v) is 8.22. The van der Waals surface area contributed by atoms with Crippen molar-refractivity contribution in [3.8, 4) is 10.8 Å². The molecule has 116 valence electrons. The number of hydrogen-bond acceptors (Lipinski definition) is 5. The molecule has 0 atom stereocenters. The van der Waals surface area contributed by atoms with Crippen LogP contribution < -0.4 is 10.6 Å². The van der Waals surface area contributed by atoms with Crippen LogP contribution in [0, 0.1) is 0 Å². The Bertz CT molecular complexity index is 823. The molecular formula is C16H14N4O2S. The van der Waals surface area contributed by atoms with E-state index in [2.05, 4.69) is 20.8 Å². The quantitative estimate of drug-likeness (QED) is 0.748. The van der Waals surface area contributed by atoms with Gasteiger partial charge >= 0.3 is 6.03 Å². The van der Waals surface area contributed by atoms with Crippen LogP contribution in [0.4, 0.5) is 16.2 Å². The summed E-state index contributed by atoms with van der Waals surface area (Å²) in [5.74, 6) is 1.65. The second-order valence-electron chi connectivity index (χ2n) is 5.34. The van der Waals surface area contributed by atoms with Gasteiger partial charge in [0.2, 0.25) is 0 Å². The van der Waals surface area contributed by atoms with E-state index in [1.165, 1.54) is 11.3 Å². The van der Waals surface area contributed by atoms with Crippen molar-refractivity contribution in [2.75, 3.05) is 10.6 Å². The van der Waals surface area contributed by atoms with E-state index in [0.717, 1.165) is 29.2 Å². The van der Waals surface area contributed by atoms with Crippen LogP contribution >= 0.6 is 11.3 Å². The van der Waals surface area contributed by atoms with Gasteiger partial charge in [0, 0.05) is 11.6 Å². The molecule has 23 heavy (non-hydrogen) atoms. The number of hydrogen-bond donors (Lipinski definition) is 2. The molecule has 6 nitrogen and oxygen atoms in total. The summed E-state index contributed by atoms with van der Waals surface area (Å²) < 4.78 is 5.33. The number of carbonyl (C=O) groups is 1. The third-order valence-electron chi connectivity index (χ3n) is 3.52. The van der Waals surface area contributed by atoms with Gasteiger partial charge in [0.1, 0.15) is 4.88 Å². The molecule has 1 aliphatic carbocycles. The van der Waals surface area contributed by atoms with Gasteiger partial charge in [-0.3, -0.25) is 0 Å². The molecule has 0 bridgehead atoms. The van der Waals surface area contributed by atoms with Crippen LogP contribution in [0.3, 0.4) is 0 Å². The van der Waals surface area contributed by atoms with Crippen molar-refractivity contribution < 1.29 is 9.32 Å². The number of benzene rings is 1. The molecule has 4 rings (SSSR count). The number of carbonyl (C=O) groups excluding carboxylic acids is 1. The molecule has 2 N–H and O–H groups in total. The van der Waals surface area contributed by atoms with Crippen molar-refractivity contribution in [1.29, 1.82) is 0 Å². The van der Waals surface area contributed by atoms with Crippen LogP contribution in [0.15, 0.2) is 46.3 Å². The van der Waals surface area contributed by atoms with E-state index in [9.17, 15) is 4.79 Å². The molecule has 2 aromatic heterocycles. The van der Waals surface area contributed by atoms with Crippen LogP contribution in [-0.4, -0.2) is 16.2 Å². The Morgan fingerprint density at radius 2 is 2.00 bits per heavy atom. The van der Waals surface area contributed by atoms with Crippen molar-refractivity contribution in [3.63, 3.8) is 0 Å². The largest absolute Gasteiger partial charge is 0.333 e. The highest BCUT2D eigenvalue weighted by molar-refractivity contribution is 7.14. The van der Waals surface area contributed by atoms with Gasteiger partial charge in [-0.2, -0.15) is 4.98 Å². The minimum absolute atomic E-state index is 0.308. The zero-order chi connectivity index (χ0) is 15.6. The van der Waals surface area contributed by atoms with Crippen LogP contribution in [0.1, 0.15) is 24.6 Å². The maximum Gasteiger partial charge on any atom is 0.323 e. The average Bonchev–Trinajstić information content (AvgIpc) is 3.11. The molecule has 1 fully saturated rings. The maximum atomic E-state index is 12.1. The fraction of sp³-hybridized carbons (Fsp3) is 0.188. The van der Waals surface area contributed by atoms with Crippen molar-refractivity contribution in [2.24, 2.45) is 0 Å². The third-order valence-corrected chi connectivity index (χ3v) is 4.43. The fourth-order valence-corrected chi connectivity index (χ4v) is 2.98. The first-order valence-electron chi connectivity index (χ1n) is 7.34. The van der Waals surface area contributed by atoms with E-state index in [4.69, 9.17) is 4.52 Å². The summed E-state index contributed by atoms with van der Waals surface area (Å²) in [4.78, 5) is 17.3. The molecule has 3 aromatic rings. The highest BCUT2D eigenvalue weighted by Gasteiger charge is 2.29. The zero-order valence-corrected chi connectivity index (χ0v) is 13.0. The van der Waals surface area contributed by atoms with Gasteiger partial charge in [-0.05, 0) is 36.4 Å². The number of aromatic nitrogens is 2. The fourth-order valence-electron chi connectivity index (χ4n) is 2.21. The lowest BCUT2D eigenvalue weighted by Gasteiger charge is -2.06. The predicted molar refractivity (Wildman–Crippen MR) is 88.7 cm³/mol. The van der Waals surface area contributed by atoms with Crippen molar-refractivity contribution >= 4 is 28.7 Å². The van der Waals surface area contributed by atoms with Crippen LogP contribution in [0.25, 0.3) is 10.8 Å². The molecule has 0 aliphatic heterocycles. The topological polar surface area (TPSA) is 80.0 Å². The summed E-state index contributed by atoms with van der Waals surface area (Å²) in [5.41, 5.74) is 1.39. The summed E-state index contributed by atoms with van der Waals surface area (Å²) in [6.45, 7) is 0. The molecular weight excluding hydrogens is 312 g/mol. The van der Waals surface area contributed by atoms with Crippen molar-refractivity contribution in [3.05, 3.63) is 47.6 Å². The van der Waals surface area contributed by atoms with Gasteiger partial charge in [0.05, 0.1) is 5.69 Å². The van der Waals surface area contributed by atoms with Crippen LogP contribution in [0.2, 0.25) is 0 Å². The third kappa shape index (κ3) is 3.09. The number of nitrogens with zero attached hydrogens (tertiary/aromatic N) is 2. The normalized spacial score (nSPS) is 13.7. The van der Waals surface area contributed by atoms with Gasteiger partial charge in [-0.15, -0.1) is 11.3 Å². The van der Waals surface area contributed by atoms with Crippen molar-refractivity contribution in [2.45, 2.75) is 18.8 Å². The Labute approximate surface area is 136 Å². The average molecular weight is 326 g/mol. The SMILES string of the molecule is O=C(Nc1ccccc1)Nc1ccsc1-c1nc(C2CC2)no1. The number of rotatable bonds is 4. The Hall–Kier alpha value is -2.67. The molecule has 7 heteroatoms. The predicted octanol–water partition coefficient (Wildman–Crippen LogP) is 4.32. The molecule has 2 heterocycles. The second-order valence-corrected chi connectivity index (χ2v) is 6.26. The number of urea groups is 1. The Morgan fingerprint density at radius 1 is 1.17 bits per heavy atom. The zero-order valence-electron chi connectivity index (χ0n) is 12.2. The van der Waals surface area contributed by atoms with Gasteiger partial charge in [-0.1, -0.05) is 23.4 Å². The number of thiophene rings is 1. The minimum atomic E-state index is -0.308. The molecule has 1 aliphatic rings. The molecule has 1 aromatic carbocycles. The summed E-state index contributed by atoms with van der Waals surface area (Å²) in [6.07, 6.45) is 2.24. The maximum absolute atomic E-state index is 12.1. The Kier molecular flexibility index (Phi) is 3.55. The second kappa shape index (κ2) is 5.85. The highest BCUT2D eigenvalue weighted by atomic mass is 32.1. The van der Waals surface area contributed by atoms with Crippen LogP contribution in [-0.2, 0) is 0 Å². The van der Waals surface area contributed by atoms with Crippen LogP contribution in [0.5, 0.6) is 0 Å². The first-order chi connectivity index (χ1) is 11.3. The summed E-state index contributed by atoms with van der Waals surface area (Å²) in [5, 5.41) is 11.5. The van der Waals surface area contributed by atoms with Gasteiger partial charge in [0.15, 0.2) is 5.82 Å². The molecule has 0 radical (unpaired) electrons. The summed E-state index contributed by atoms with van der Waals surface area (Å²) in [6, 6.07) is 10.8.